The third-order valence-electron chi connectivity index (χ3n) is 2.33. The van der Waals surface area contributed by atoms with E-state index in [2.05, 4.69) is 0 Å². The van der Waals surface area contributed by atoms with Gasteiger partial charge in [0, 0.05) is 17.5 Å². The second-order valence-electron chi connectivity index (χ2n) is 3.90. The largest absolute Gasteiger partial charge is 0.406 e. The Kier molecular flexibility index (Phi) is 5.56. The number of aryl methyl sites for hydroxylation is 1. The van der Waals surface area contributed by atoms with Gasteiger partial charge in [0.05, 0.1) is 6.61 Å². The van der Waals surface area contributed by atoms with E-state index in [9.17, 15) is 18.0 Å². The second kappa shape index (κ2) is 6.72. The van der Waals surface area contributed by atoms with Crippen molar-refractivity contribution in [2.24, 2.45) is 0 Å². The van der Waals surface area contributed by atoms with Crippen LogP contribution in [0.15, 0.2) is 17.5 Å². The molecule has 1 aromatic heterocycles. The number of carbonyl (C=O) groups is 1. The van der Waals surface area contributed by atoms with Crippen molar-refractivity contribution in [3.8, 4) is 0 Å². The first-order valence-corrected chi connectivity index (χ1v) is 6.40. The van der Waals surface area contributed by atoms with E-state index in [0.717, 1.165) is 16.5 Å². The monoisotopic (exact) mass is 293 g/mol. The summed E-state index contributed by atoms with van der Waals surface area (Å²) in [4.78, 5) is 13.0. The van der Waals surface area contributed by atoms with Gasteiger partial charge in [0.1, 0.15) is 6.54 Å². The number of hydrogen-bond donors (Lipinski definition) is 1. The van der Waals surface area contributed by atoms with Crippen LogP contribution in [-0.2, 0) is 4.79 Å². The number of halogens is 3. The van der Waals surface area contributed by atoms with Gasteiger partial charge < -0.3 is 10.0 Å². The van der Waals surface area contributed by atoms with E-state index in [-0.39, 0.29) is 6.54 Å². The molecule has 0 fully saturated rings. The number of rotatable bonds is 5. The lowest BCUT2D eigenvalue weighted by atomic mass is 10.2. The molecule has 0 atom stereocenters. The fourth-order valence-corrected chi connectivity index (χ4v) is 2.23. The van der Waals surface area contributed by atoms with E-state index in [4.69, 9.17) is 5.11 Å². The summed E-state index contributed by atoms with van der Waals surface area (Å²) in [6.07, 6.45) is -1.89. The molecular formula is C12H14F3NO2S. The normalized spacial score (nSPS) is 12.1. The quantitative estimate of drug-likeness (QED) is 0.847. The highest BCUT2D eigenvalue weighted by Gasteiger charge is 2.32. The Morgan fingerprint density at radius 2 is 2.21 bits per heavy atom. The molecule has 106 valence electrons. The van der Waals surface area contributed by atoms with E-state index in [1.54, 1.807) is 0 Å². The molecule has 1 amide bonds. The van der Waals surface area contributed by atoms with Gasteiger partial charge >= 0.3 is 6.18 Å². The van der Waals surface area contributed by atoms with Crippen LogP contribution < -0.4 is 0 Å². The van der Waals surface area contributed by atoms with Crippen LogP contribution in [-0.4, -0.2) is 41.8 Å². The Morgan fingerprint density at radius 1 is 1.53 bits per heavy atom. The summed E-state index contributed by atoms with van der Waals surface area (Å²) in [6.45, 7) is -0.359. The molecule has 0 aromatic carbocycles. The van der Waals surface area contributed by atoms with Gasteiger partial charge in [-0.15, -0.1) is 11.3 Å². The minimum Gasteiger partial charge on any atom is -0.395 e. The predicted molar refractivity (Wildman–Crippen MR) is 67.8 cm³/mol. The first-order valence-electron chi connectivity index (χ1n) is 5.52. The molecule has 3 nitrogen and oxygen atoms in total. The van der Waals surface area contributed by atoms with Crippen molar-refractivity contribution in [3.05, 3.63) is 28.0 Å². The molecule has 0 aliphatic carbocycles. The van der Waals surface area contributed by atoms with Gasteiger partial charge in [-0.3, -0.25) is 4.79 Å². The molecule has 1 rings (SSSR count). The lowest BCUT2D eigenvalue weighted by Crippen LogP contribution is -2.39. The average Bonchev–Trinajstić information content (AvgIpc) is 2.69. The highest BCUT2D eigenvalue weighted by atomic mass is 32.1. The average molecular weight is 293 g/mol. The number of thiophene rings is 1. The van der Waals surface area contributed by atoms with Crippen molar-refractivity contribution in [1.29, 1.82) is 0 Å². The molecule has 19 heavy (non-hydrogen) atoms. The van der Waals surface area contributed by atoms with Gasteiger partial charge in [0.2, 0.25) is 5.91 Å². The first-order chi connectivity index (χ1) is 8.83. The van der Waals surface area contributed by atoms with Gasteiger partial charge in [0.25, 0.3) is 0 Å². The van der Waals surface area contributed by atoms with Crippen molar-refractivity contribution in [3.63, 3.8) is 0 Å². The van der Waals surface area contributed by atoms with Crippen molar-refractivity contribution in [2.75, 3.05) is 19.7 Å². The molecule has 0 saturated heterocycles. The predicted octanol–water partition coefficient (Wildman–Crippen LogP) is 2.45. The molecule has 0 aliphatic heterocycles. The van der Waals surface area contributed by atoms with Crippen LogP contribution in [0.4, 0.5) is 13.2 Å². The summed E-state index contributed by atoms with van der Waals surface area (Å²) in [5.41, 5.74) is 0.957. The van der Waals surface area contributed by atoms with Crippen molar-refractivity contribution >= 4 is 23.3 Å². The van der Waals surface area contributed by atoms with E-state index >= 15 is 0 Å². The lowest BCUT2D eigenvalue weighted by Gasteiger charge is -2.21. The summed E-state index contributed by atoms with van der Waals surface area (Å²) in [7, 11) is 0. The number of aliphatic hydroxyl groups excluding tert-OH is 1. The SMILES string of the molecule is Cc1ccsc1/C=C/C(=O)N(CCO)CC(F)(F)F. The van der Waals surface area contributed by atoms with E-state index < -0.39 is 25.2 Å². The number of nitrogens with zero attached hydrogens (tertiary/aromatic N) is 1. The zero-order chi connectivity index (χ0) is 14.5. The maximum atomic E-state index is 12.3. The standard InChI is InChI=1S/C12H14F3NO2S/c1-9-4-7-19-10(9)2-3-11(18)16(5-6-17)8-12(13,14)15/h2-4,7,17H,5-6,8H2,1H3/b3-2+. The van der Waals surface area contributed by atoms with Gasteiger partial charge in [-0.25, -0.2) is 0 Å². The molecule has 1 aromatic rings. The molecular weight excluding hydrogens is 279 g/mol. The summed E-state index contributed by atoms with van der Waals surface area (Å²) in [5.74, 6) is -0.765. The Labute approximate surface area is 113 Å². The van der Waals surface area contributed by atoms with Crippen molar-refractivity contribution < 1.29 is 23.1 Å². The van der Waals surface area contributed by atoms with Crippen LogP contribution in [0.1, 0.15) is 10.4 Å². The molecule has 0 unspecified atom stereocenters. The van der Waals surface area contributed by atoms with Crippen LogP contribution in [0, 0.1) is 6.92 Å². The molecule has 0 aliphatic rings. The maximum Gasteiger partial charge on any atom is 0.406 e. The van der Waals surface area contributed by atoms with Crippen LogP contribution in [0.5, 0.6) is 0 Å². The molecule has 0 radical (unpaired) electrons. The third kappa shape index (κ3) is 5.44. The number of hydrogen-bond acceptors (Lipinski definition) is 3. The smallest absolute Gasteiger partial charge is 0.395 e. The van der Waals surface area contributed by atoms with Crippen LogP contribution in [0.2, 0.25) is 0 Å². The summed E-state index contributed by atoms with van der Waals surface area (Å²) < 4.78 is 36.8. The van der Waals surface area contributed by atoms with Crippen molar-refractivity contribution in [1.82, 2.24) is 4.90 Å². The van der Waals surface area contributed by atoms with E-state index in [0.29, 0.717) is 4.90 Å². The number of amides is 1. The Balaban J connectivity index is 2.72. The molecule has 7 heteroatoms. The topological polar surface area (TPSA) is 40.5 Å². The van der Waals surface area contributed by atoms with Crippen molar-refractivity contribution in [2.45, 2.75) is 13.1 Å². The molecule has 0 bridgehead atoms. The van der Waals surface area contributed by atoms with Gasteiger partial charge in [0.15, 0.2) is 0 Å². The number of alkyl halides is 3. The zero-order valence-corrected chi connectivity index (χ0v) is 11.1. The highest BCUT2D eigenvalue weighted by Crippen LogP contribution is 2.19. The van der Waals surface area contributed by atoms with E-state index in [1.807, 2.05) is 18.4 Å². The maximum absolute atomic E-state index is 12.3. The summed E-state index contributed by atoms with van der Waals surface area (Å²) in [5, 5.41) is 10.5. The molecule has 0 saturated carbocycles. The Bertz CT molecular complexity index is 454. The van der Waals surface area contributed by atoms with Gasteiger partial charge in [-0.2, -0.15) is 13.2 Å². The molecule has 1 heterocycles. The van der Waals surface area contributed by atoms with Crippen LogP contribution >= 0.6 is 11.3 Å². The fraction of sp³-hybridized carbons (Fsp3) is 0.417. The fourth-order valence-electron chi connectivity index (χ4n) is 1.41. The molecule has 0 spiro atoms. The summed E-state index contributed by atoms with van der Waals surface area (Å²) >= 11 is 1.40. The number of aliphatic hydroxyl groups is 1. The third-order valence-corrected chi connectivity index (χ3v) is 3.31. The van der Waals surface area contributed by atoms with Gasteiger partial charge in [-0.1, -0.05) is 0 Å². The first kappa shape index (κ1) is 15.7. The minimum atomic E-state index is -4.47. The lowest BCUT2D eigenvalue weighted by molar-refractivity contribution is -0.158. The Hall–Kier alpha value is -1.34. The van der Waals surface area contributed by atoms with Crippen LogP contribution in [0.3, 0.4) is 0 Å². The number of carbonyl (C=O) groups excluding carboxylic acids is 1. The van der Waals surface area contributed by atoms with E-state index in [1.165, 1.54) is 17.4 Å². The molecule has 1 N–H and O–H groups in total. The van der Waals surface area contributed by atoms with Gasteiger partial charge in [-0.05, 0) is 30.0 Å². The zero-order valence-electron chi connectivity index (χ0n) is 10.3. The Morgan fingerprint density at radius 3 is 2.68 bits per heavy atom. The minimum absolute atomic E-state index is 0.341. The summed E-state index contributed by atoms with van der Waals surface area (Å²) in [6, 6.07) is 1.86. The highest BCUT2D eigenvalue weighted by molar-refractivity contribution is 7.11. The second-order valence-corrected chi connectivity index (χ2v) is 4.85. The van der Waals surface area contributed by atoms with Crippen LogP contribution in [0.25, 0.3) is 6.08 Å².